The van der Waals surface area contributed by atoms with E-state index in [1.165, 1.54) is 6.07 Å². The minimum Gasteiger partial charge on any atom is -0.479 e. The molecule has 2 atom stereocenters. The highest BCUT2D eigenvalue weighted by molar-refractivity contribution is 6.30. The molecule has 3 N–H and O–H groups in total. The molecule has 0 saturated heterocycles. The number of aliphatic hydroxyl groups is 2. The van der Waals surface area contributed by atoms with Crippen LogP contribution in [0.5, 0.6) is 0 Å². The normalized spacial score (nSPS) is 13.9. The van der Waals surface area contributed by atoms with E-state index in [1.54, 1.807) is 6.07 Å². The fourth-order valence-corrected chi connectivity index (χ4v) is 1.17. The summed E-state index contributed by atoms with van der Waals surface area (Å²) < 4.78 is 0. The summed E-state index contributed by atoms with van der Waals surface area (Å²) in [7, 11) is 0. The molecule has 6 nitrogen and oxygen atoms in total. The van der Waals surface area contributed by atoms with Crippen LogP contribution in [0.25, 0.3) is 0 Å². The number of carboxylic acids is 1. The number of hydrogen-bond donors (Lipinski definition) is 3. The SMILES string of the molecule is N#Cc1cc(C(O)C(O)C(=O)O)cnc1Cl. The molecule has 0 spiro atoms. The van der Waals surface area contributed by atoms with Crippen LogP contribution in [0.2, 0.25) is 5.15 Å². The van der Waals surface area contributed by atoms with Gasteiger partial charge in [0.25, 0.3) is 0 Å². The predicted molar refractivity (Wildman–Crippen MR) is 52.6 cm³/mol. The first-order valence-electron chi connectivity index (χ1n) is 4.12. The van der Waals surface area contributed by atoms with Crippen LogP contribution in [0, 0.1) is 11.3 Å². The van der Waals surface area contributed by atoms with E-state index in [0.717, 1.165) is 6.20 Å². The minimum atomic E-state index is -1.98. The summed E-state index contributed by atoms with van der Waals surface area (Å²) in [5, 5.41) is 35.6. The Hall–Kier alpha value is -1.68. The molecule has 84 valence electrons. The number of nitrogens with zero attached hydrogens (tertiary/aromatic N) is 2. The zero-order valence-electron chi connectivity index (χ0n) is 7.83. The highest BCUT2D eigenvalue weighted by atomic mass is 35.5. The third kappa shape index (κ3) is 2.46. The van der Waals surface area contributed by atoms with Gasteiger partial charge in [0.05, 0.1) is 5.56 Å². The maximum Gasteiger partial charge on any atom is 0.335 e. The average Bonchev–Trinajstić information content (AvgIpc) is 2.27. The molecular weight excluding hydrogens is 236 g/mol. The van der Waals surface area contributed by atoms with Crippen LogP contribution >= 0.6 is 11.6 Å². The van der Waals surface area contributed by atoms with Crippen LogP contribution in [0.4, 0.5) is 0 Å². The first-order chi connectivity index (χ1) is 7.47. The largest absolute Gasteiger partial charge is 0.479 e. The van der Waals surface area contributed by atoms with E-state index in [-0.39, 0.29) is 16.3 Å². The molecule has 1 heterocycles. The van der Waals surface area contributed by atoms with Crippen LogP contribution in [-0.2, 0) is 4.79 Å². The number of aliphatic hydroxyl groups excluding tert-OH is 2. The van der Waals surface area contributed by atoms with Crippen LogP contribution in [0.1, 0.15) is 17.2 Å². The number of carbonyl (C=O) groups is 1. The van der Waals surface area contributed by atoms with E-state index < -0.39 is 18.2 Å². The predicted octanol–water partition coefficient (Wildman–Crippen LogP) is 0.0856. The summed E-state index contributed by atoms with van der Waals surface area (Å²) >= 11 is 5.55. The van der Waals surface area contributed by atoms with E-state index in [0.29, 0.717) is 0 Å². The van der Waals surface area contributed by atoms with E-state index >= 15 is 0 Å². The Labute approximate surface area is 95.4 Å². The van der Waals surface area contributed by atoms with Crippen molar-refractivity contribution in [3.63, 3.8) is 0 Å². The summed E-state index contributed by atoms with van der Waals surface area (Å²) in [5.74, 6) is -1.57. The Bertz CT molecular complexity index is 457. The van der Waals surface area contributed by atoms with Crippen molar-refractivity contribution in [2.45, 2.75) is 12.2 Å². The Morgan fingerprint density at radius 3 is 2.69 bits per heavy atom. The van der Waals surface area contributed by atoms with Crippen LogP contribution in [-0.4, -0.2) is 32.4 Å². The van der Waals surface area contributed by atoms with Crippen LogP contribution < -0.4 is 0 Å². The van der Waals surface area contributed by atoms with Crippen molar-refractivity contribution in [1.29, 1.82) is 5.26 Å². The van der Waals surface area contributed by atoms with E-state index in [1.807, 2.05) is 0 Å². The van der Waals surface area contributed by atoms with Gasteiger partial charge in [-0.2, -0.15) is 5.26 Å². The summed E-state index contributed by atoms with van der Waals surface area (Å²) in [6, 6.07) is 2.90. The number of rotatable bonds is 3. The van der Waals surface area contributed by atoms with E-state index in [2.05, 4.69) is 4.98 Å². The average molecular weight is 243 g/mol. The Kier molecular flexibility index (Phi) is 3.79. The standard InChI is InChI=1S/C9H7ClN2O4/c10-8-4(2-11)1-5(3-12-8)6(13)7(14)9(15)16/h1,3,6-7,13-14H,(H,15,16). The number of nitriles is 1. The molecule has 0 amide bonds. The lowest BCUT2D eigenvalue weighted by atomic mass is 10.1. The van der Waals surface area contributed by atoms with Crippen LogP contribution in [0.3, 0.4) is 0 Å². The monoisotopic (exact) mass is 242 g/mol. The fraction of sp³-hybridized carbons (Fsp3) is 0.222. The van der Waals surface area contributed by atoms with Crippen molar-refractivity contribution in [3.8, 4) is 6.07 Å². The van der Waals surface area contributed by atoms with Gasteiger partial charge < -0.3 is 15.3 Å². The number of hydrogen-bond acceptors (Lipinski definition) is 5. The lowest BCUT2D eigenvalue weighted by molar-refractivity contribution is -0.153. The summed E-state index contributed by atoms with van der Waals surface area (Å²) in [4.78, 5) is 14.0. The lowest BCUT2D eigenvalue weighted by Crippen LogP contribution is -2.27. The smallest absolute Gasteiger partial charge is 0.335 e. The van der Waals surface area contributed by atoms with Gasteiger partial charge in [0.2, 0.25) is 0 Å². The maximum absolute atomic E-state index is 10.4. The maximum atomic E-state index is 10.4. The topological polar surface area (TPSA) is 114 Å². The highest BCUT2D eigenvalue weighted by Gasteiger charge is 2.25. The highest BCUT2D eigenvalue weighted by Crippen LogP contribution is 2.20. The third-order valence-corrected chi connectivity index (χ3v) is 2.18. The molecule has 0 saturated carbocycles. The molecule has 0 bridgehead atoms. The zero-order chi connectivity index (χ0) is 12.3. The molecule has 0 aliphatic carbocycles. The van der Waals surface area contributed by atoms with Crippen molar-refractivity contribution in [3.05, 3.63) is 28.5 Å². The van der Waals surface area contributed by atoms with Gasteiger partial charge in [-0.1, -0.05) is 11.6 Å². The second-order valence-corrected chi connectivity index (χ2v) is 3.30. The van der Waals surface area contributed by atoms with E-state index in [9.17, 15) is 9.90 Å². The number of carboxylic acid groups (broad SMARTS) is 1. The summed E-state index contributed by atoms with van der Waals surface area (Å²) in [6.45, 7) is 0. The lowest BCUT2D eigenvalue weighted by Gasteiger charge is -2.14. The molecule has 16 heavy (non-hydrogen) atoms. The van der Waals surface area contributed by atoms with Crippen LogP contribution in [0.15, 0.2) is 12.3 Å². The number of aromatic nitrogens is 1. The second-order valence-electron chi connectivity index (χ2n) is 2.95. The first kappa shape index (κ1) is 12.4. The second kappa shape index (κ2) is 4.90. The number of pyridine rings is 1. The molecule has 0 radical (unpaired) electrons. The Balaban J connectivity index is 3.06. The van der Waals surface area contributed by atoms with Gasteiger partial charge >= 0.3 is 5.97 Å². The molecular formula is C9H7ClN2O4. The van der Waals surface area contributed by atoms with Gasteiger partial charge in [0, 0.05) is 11.8 Å². The molecule has 0 fully saturated rings. The van der Waals surface area contributed by atoms with Crippen molar-refractivity contribution in [1.82, 2.24) is 4.98 Å². The van der Waals surface area contributed by atoms with Gasteiger partial charge in [0.15, 0.2) is 6.10 Å². The zero-order valence-corrected chi connectivity index (χ0v) is 8.59. The molecule has 0 aliphatic rings. The molecule has 0 aromatic carbocycles. The number of aliphatic carboxylic acids is 1. The van der Waals surface area contributed by atoms with Crippen molar-refractivity contribution in [2.24, 2.45) is 0 Å². The molecule has 0 aliphatic heterocycles. The summed E-state index contributed by atoms with van der Waals surface area (Å²) in [6.07, 6.45) is -2.54. The van der Waals surface area contributed by atoms with Crippen molar-refractivity contribution < 1.29 is 20.1 Å². The van der Waals surface area contributed by atoms with Gasteiger partial charge in [-0.3, -0.25) is 0 Å². The third-order valence-electron chi connectivity index (χ3n) is 1.87. The molecule has 1 aromatic heterocycles. The van der Waals surface area contributed by atoms with Gasteiger partial charge in [-0.05, 0) is 6.07 Å². The molecule has 2 unspecified atom stereocenters. The Morgan fingerprint density at radius 1 is 1.56 bits per heavy atom. The van der Waals surface area contributed by atoms with E-state index in [4.69, 9.17) is 27.1 Å². The van der Waals surface area contributed by atoms with Gasteiger partial charge in [-0.15, -0.1) is 0 Å². The van der Waals surface area contributed by atoms with Crippen molar-refractivity contribution >= 4 is 17.6 Å². The number of halogens is 1. The quantitative estimate of drug-likeness (QED) is 0.647. The Morgan fingerprint density at radius 2 is 2.19 bits per heavy atom. The molecule has 1 aromatic rings. The van der Waals surface area contributed by atoms with Gasteiger partial charge in [-0.25, -0.2) is 9.78 Å². The van der Waals surface area contributed by atoms with Crippen molar-refractivity contribution in [2.75, 3.05) is 0 Å². The summed E-state index contributed by atoms with van der Waals surface area (Å²) in [5.41, 5.74) is 0.00616. The first-order valence-corrected chi connectivity index (χ1v) is 4.49. The molecule has 7 heteroatoms. The van der Waals surface area contributed by atoms with Gasteiger partial charge in [0.1, 0.15) is 17.3 Å². The fourth-order valence-electron chi connectivity index (χ4n) is 1.02. The molecule has 1 rings (SSSR count). The minimum absolute atomic E-state index is 0.00388.